The van der Waals surface area contributed by atoms with Crippen molar-refractivity contribution < 1.29 is 28.2 Å². The second-order valence-electron chi connectivity index (χ2n) is 3.78. The standard InChI is InChI=1S/C11H9F2NO4/c12-7-1-6(2-8(13)3-7)9-4-18-5-10(15)14(9)11(16)17/h1-3,9H,4-5H2,(H,16,17)/t9-/m0/s1. The monoisotopic (exact) mass is 257 g/mol. The van der Waals surface area contributed by atoms with Crippen LogP contribution in [0.3, 0.4) is 0 Å². The maximum atomic E-state index is 13.1. The normalized spacial score (nSPS) is 20.0. The Balaban J connectivity index is 2.40. The van der Waals surface area contributed by atoms with Gasteiger partial charge in [-0.05, 0) is 17.7 Å². The molecule has 0 bridgehead atoms. The van der Waals surface area contributed by atoms with Gasteiger partial charge in [-0.2, -0.15) is 0 Å². The summed E-state index contributed by atoms with van der Waals surface area (Å²) >= 11 is 0. The first-order valence-corrected chi connectivity index (χ1v) is 5.08. The van der Waals surface area contributed by atoms with Crippen molar-refractivity contribution in [3.05, 3.63) is 35.4 Å². The van der Waals surface area contributed by atoms with Crippen LogP contribution in [0.4, 0.5) is 13.6 Å². The molecule has 1 heterocycles. The van der Waals surface area contributed by atoms with Gasteiger partial charge in [0.05, 0.1) is 12.6 Å². The van der Waals surface area contributed by atoms with Gasteiger partial charge in [-0.1, -0.05) is 0 Å². The lowest BCUT2D eigenvalue weighted by Crippen LogP contribution is -2.47. The van der Waals surface area contributed by atoms with E-state index in [0.29, 0.717) is 11.0 Å². The van der Waals surface area contributed by atoms with Crippen LogP contribution in [0.15, 0.2) is 18.2 Å². The summed E-state index contributed by atoms with van der Waals surface area (Å²) in [6, 6.07) is 1.59. The molecule has 0 spiro atoms. The number of morpholine rings is 1. The molecule has 0 aliphatic carbocycles. The maximum absolute atomic E-state index is 13.1. The van der Waals surface area contributed by atoms with Crippen LogP contribution in [0.25, 0.3) is 0 Å². The number of carbonyl (C=O) groups is 2. The summed E-state index contributed by atoms with van der Waals surface area (Å²) in [5, 5.41) is 8.94. The van der Waals surface area contributed by atoms with E-state index >= 15 is 0 Å². The van der Waals surface area contributed by atoms with Crippen molar-refractivity contribution in [2.45, 2.75) is 6.04 Å². The number of hydrogen-bond acceptors (Lipinski definition) is 3. The highest BCUT2D eigenvalue weighted by Crippen LogP contribution is 2.26. The van der Waals surface area contributed by atoms with E-state index in [1.807, 2.05) is 0 Å². The lowest BCUT2D eigenvalue weighted by molar-refractivity contribution is -0.144. The summed E-state index contributed by atoms with van der Waals surface area (Å²) in [5.41, 5.74) is 0.0444. The maximum Gasteiger partial charge on any atom is 0.414 e. The Labute approximate surface area is 101 Å². The Kier molecular flexibility index (Phi) is 3.24. The van der Waals surface area contributed by atoms with E-state index in [1.54, 1.807) is 0 Å². The molecule has 1 saturated heterocycles. The minimum absolute atomic E-state index is 0.0444. The van der Waals surface area contributed by atoms with E-state index in [2.05, 4.69) is 0 Å². The number of carbonyl (C=O) groups excluding carboxylic acids is 1. The molecule has 0 radical (unpaired) electrons. The highest BCUT2D eigenvalue weighted by molar-refractivity contribution is 5.92. The highest BCUT2D eigenvalue weighted by atomic mass is 19.1. The van der Waals surface area contributed by atoms with Gasteiger partial charge in [0.1, 0.15) is 18.2 Å². The molecule has 0 saturated carbocycles. The van der Waals surface area contributed by atoms with Gasteiger partial charge in [-0.3, -0.25) is 4.79 Å². The molecule has 1 aliphatic heterocycles. The Morgan fingerprint density at radius 3 is 2.50 bits per heavy atom. The van der Waals surface area contributed by atoms with Gasteiger partial charge in [-0.25, -0.2) is 18.5 Å². The zero-order chi connectivity index (χ0) is 13.3. The van der Waals surface area contributed by atoms with Crippen LogP contribution in [0.2, 0.25) is 0 Å². The van der Waals surface area contributed by atoms with Crippen molar-refractivity contribution in [3.63, 3.8) is 0 Å². The quantitative estimate of drug-likeness (QED) is 0.828. The van der Waals surface area contributed by atoms with Crippen molar-refractivity contribution in [1.82, 2.24) is 4.90 Å². The largest absolute Gasteiger partial charge is 0.465 e. The van der Waals surface area contributed by atoms with Gasteiger partial charge in [-0.15, -0.1) is 0 Å². The van der Waals surface area contributed by atoms with E-state index in [0.717, 1.165) is 12.1 Å². The fraction of sp³-hybridized carbons (Fsp3) is 0.273. The molecule has 1 aromatic rings. The van der Waals surface area contributed by atoms with Crippen LogP contribution in [0.1, 0.15) is 11.6 Å². The summed E-state index contributed by atoms with van der Waals surface area (Å²) in [6.07, 6.45) is -1.47. The molecule has 0 unspecified atom stereocenters. The molecule has 7 heteroatoms. The van der Waals surface area contributed by atoms with Crippen molar-refractivity contribution in [2.24, 2.45) is 0 Å². The lowest BCUT2D eigenvalue weighted by atomic mass is 10.0. The minimum Gasteiger partial charge on any atom is -0.465 e. The van der Waals surface area contributed by atoms with Gasteiger partial charge in [0, 0.05) is 6.07 Å². The minimum atomic E-state index is -1.47. The van der Waals surface area contributed by atoms with Gasteiger partial charge in [0.25, 0.3) is 5.91 Å². The zero-order valence-electron chi connectivity index (χ0n) is 9.10. The third-order valence-corrected chi connectivity index (χ3v) is 2.56. The summed E-state index contributed by atoms with van der Waals surface area (Å²) < 4.78 is 31.1. The molecule has 96 valence electrons. The van der Waals surface area contributed by atoms with Gasteiger partial charge in [0.2, 0.25) is 0 Å². The number of ether oxygens (including phenoxy) is 1. The Bertz CT molecular complexity index is 486. The Hall–Kier alpha value is -2.02. The van der Waals surface area contributed by atoms with Crippen molar-refractivity contribution in [3.8, 4) is 0 Å². The molecule has 2 amide bonds. The van der Waals surface area contributed by atoms with Crippen molar-refractivity contribution >= 4 is 12.0 Å². The van der Waals surface area contributed by atoms with Crippen LogP contribution >= 0.6 is 0 Å². The molecule has 2 rings (SSSR count). The summed E-state index contributed by atoms with van der Waals surface area (Å²) in [6.45, 7) is -0.485. The molecule has 1 N–H and O–H groups in total. The first-order chi connectivity index (χ1) is 8.49. The molecule has 1 atom stereocenters. The lowest BCUT2D eigenvalue weighted by Gasteiger charge is -2.31. The van der Waals surface area contributed by atoms with Crippen LogP contribution < -0.4 is 0 Å². The molecular formula is C11H9F2NO4. The Morgan fingerprint density at radius 2 is 1.94 bits per heavy atom. The summed E-state index contributed by atoms with van der Waals surface area (Å²) in [7, 11) is 0. The molecule has 18 heavy (non-hydrogen) atoms. The van der Waals surface area contributed by atoms with E-state index in [-0.39, 0.29) is 18.8 Å². The molecule has 1 fully saturated rings. The molecule has 1 aromatic carbocycles. The number of carboxylic acid groups (broad SMARTS) is 1. The van der Waals surface area contributed by atoms with Crippen molar-refractivity contribution in [1.29, 1.82) is 0 Å². The first kappa shape index (κ1) is 12.4. The average molecular weight is 257 g/mol. The first-order valence-electron chi connectivity index (χ1n) is 5.08. The number of rotatable bonds is 1. The Morgan fingerprint density at radius 1 is 1.33 bits per heavy atom. The van der Waals surface area contributed by atoms with Crippen LogP contribution in [-0.2, 0) is 9.53 Å². The fourth-order valence-electron chi connectivity index (χ4n) is 1.83. The molecule has 5 nitrogen and oxygen atoms in total. The number of benzene rings is 1. The third-order valence-electron chi connectivity index (χ3n) is 2.56. The summed E-state index contributed by atoms with van der Waals surface area (Å²) in [5.74, 6) is -2.44. The van der Waals surface area contributed by atoms with Crippen LogP contribution in [0, 0.1) is 11.6 Å². The average Bonchev–Trinajstić information content (AvgIpc) is 2.26. The topological polar surface area (TPSA) is 66.8 Å². The predicted octanol–water partition coefficient (Wildman–Crippen LogP) is 1.54. The van der Waals surface area contributed by atoms with Crippen LogP contribution in [-0.4, -0.2) is 35.2 Å². The van der Waals surface area contributed by atoms with E-state index < -0.39 is 29.7 Å². The number of nitrogens with zero attached hydrogens (tertiary/aromatic N) is 1. The number of hydrogen-bond donors (Lipinski definition) is 1. The number of imide groups is 1. The number of halogens is 2. The molecule has 1 aliphatic rings. The smallest absolute Gasteiger partial charge is 0.414 e. The second kappa shape index (κ2) is 4.69. The van der Waals surface area contributed by atoms with E-state index in [1.165, 1.54) is 0 Å². The highest BCUT2D eigenvalue weighted by Gasteiger charge is 2.35. The molecular weight excluding hydrogens is 248 g/mol. The van der Waals surface area contributed by atoms with Gasteiger partial charge < -0.3 is 9.84 Å². The zero-order valence-corrected chi connectivity index (χ0v) is 9.10. The van der Waals surface area contributed by atoms with Crippen LogP contribution in [0.5, 0.6) is 0 Å². The second-order valence-corrected chi connectivity index (χ2v) is 3.78. The van der Waals surface area contributed by atoms with Crippen molar-refractivity contribution in [2.75, 3.05) is 13.2 Å². The molecule has 0 aromatic heterocycles. The fourth-order valence-corrected chi connectivity index (χ4v) is 1.83. The SMILES string of the molecule is O=C(O)N1C(=O)COC[C@H]1c1cc(F)cc(F)c1. The van der Waals surface area contributed by atoms with Gasteiger partial charge >= 0.3 is 6.09 Å². The number of amides is 2. The van der Waals surface area contributed by atoms with Gasteiger partial charge in [0.15, 0.2) is 0 Å². The third kappa shape index (κ3) is 2.30. The van der Waals surface area contributed by atoms with E-state index in [4.69, 9.17) is 9.84 Å². The predicted molar refractivity (Wildman–Crippen MR) is 54.8 cm³/mol. The summed E-state index contributed by atoms with van der Waals surface area (Å²) in [4.78, 5) is 22.9. The van der Waals surface area contributed by atoms with E-state index in [9.17, 15) is 18.4 Å².